The molecule has 0 spiro atoms. The van der Waals surface area contributed by atoms with Crippen LogP contribution in [-0.4, -0.2) is 199 Å². The van der Waals surface area contributed by atoms with Crippen molar-refractivity contribution in [1.29, 1.82) is 0 Å². The van der Waals surface area contributed by atoms with E-state index >= 15 is 0 Å². The van der Waals surface area contributed by atoms with E-state index in [4.69, 9.17) is 17.2 Å². The first-order chi connectivity index (χ1) is 47.4. The summed E-state index contributed by atoms with van der Waals surface area (Å²) in [6, 6.07) is -7.45. The van der Waals surface area contributed by atoms with Crippen LogP contribution in [0.1, 0.15) is 150 Å². The number of H-pyrrole nitrogens is 1. The van der Waals surface area contributed by atoms with Crippen LogP contribution in [0.4, 0.5) is 0 Å². The van der Waals surface area contributed by atoms with Gasteiger partial charge in [0.1, 0.15) is 65.7 Å². The van der Waals surface area contributed by atoms with Crippen molar-refractivity contribution in [3.63, 3.8) is 0 Å². The Morgan fingerprint density at radius 3 is 1.85 bits per heavy atom. The molecule has 1 aromatic heterocycles. The van der Waals surface area contributed by atoms with Crippen LogP contribution in [0.25, 0.3) is 0 Å². The van der Waals surface area contributed by atoms with Crippen molar-refractivity contribution in [3.8, 4) is 0 Å². The molecule has 1 fully saturated rings. The molecule has 2 aliphatic rings. The number of imidazole rings is 1. The molecule has 0 bridgehead atoms. The SMILES string of the molecule is CCC(C)C(N)C1=NCC(C(=O)N[C@@H](CC(C)C)C(=O)N[C@H](CCC(=O)O)C(=O)N[C@H](C(=O)NC2CCCCNC(=O)C(CC(N)=O)NC(=O)[C@@H](CC(=O)O)NC(=O)[C@H](Cc3cnc[nH]3)NC(=O)C(Cc3ccccc3)NC(=O)[C@H]([C@@H](C)CC)NC(=O)C(CCCN)NC2=O)[C@@H](C)CC)S1. The molecule has 1 saturated heterocycles. The lowest BCUT2D eigenvalue weighted by Gasteiger charge is -2.30. The molecule has 2 aromatic rings. The molecule has 3 heterocycles. The highest BCUT2D eigenvalue weighted by atomic mass is 32.2. The maximum atomic E-state index is 14.9. The fraction of sp³-hybridized carbons (Fsp3) is 0.636. The van der Waals surface area contributed by atoms with Gasteiger partial charge >= 0.3 is 11.9 Å². The molecule has 7 unspecified atom stereocenters. The summed E-state index contributed by atoms with van der Waals surface area (Å²) in [5, 5.41) is 48.4. The van der Waals surface area contributed by atoms with Gasteiger partial charge in [-0.3, -0.25) is 72.1 Å². The molecule has 100 heavy (non-hydrogen) atoms. The maximum Gasteiger partial charge on any atom is 0.305 e. The lowest BCUT2D eigenvalue weighted by Crippen LogP contribution is -2.62. The molecule has 12 amide bonds. The van der Waals surface area contributed by atoms with Crippen molar-refractivity contribution in [2.45, 2.75) is 223 Å². The Hall–Kier alpha value is -9.05. The molecule has 1 aromatic carbocycles. The second kappa shape index (κ2) is 42.1. The standard InChI is InChI=1S/C66H103N17O16S/c1-9-35(6)52(69)66-72-32-48(100-66)63(97)80-43(26-34(4)5)59(93)75-42(22-23-50(85)86)58(92)83-53(36(7)10-2)64(98)76-40-20-15-16-25-71-55(89)46(29-49(68)84)78-62(96)47(30-51(87)88)79-61(95)45(28-39-31-70-33-73-39)77-60(94)44(27-38-18-13-12-14-19-38)81-65(99)54(37(8)11-3)82-57(91)41(21-17-24-67)74-56(40)90/h12-14,18-19,31,33-37,40-48,52-54H,9-11,15-17,20-30,32,67,69H2,1-8H3,(H2,68,84)(H,70,73)(H,71,89)(H,74,90)(H,75,93)(H,76,98)(H,77,94)(H,78,96)(H,79,95)(H,80,97)(H,81,99)(H,82,91)(H,83,92)(H,85,86)(H,87,88)/t35?,36-,37-,40?,41?,42+,43-,44?,45-,46?,47+,48?,52?,53-,54-/m0/s1. The number of aromatic amines is 1. The Balaban J connectivity index is 1.76. The number of hydrogen-bond acceptors (Lipinski definition) is 19. The first kappa shape index (κ1) is 83.4. The number of benzene rings is 1. The van der Waals surface area contributed by atoms with Crippen LogP contribution in [0.3, 0.4) is 0 Å². The minimum atomic E-state index is -1.94. The minimum Gasteiger partial charge on any atom is -0.481 e. The van der Waals surface area contributed by atoms with Crippen LogP contribution in [0, 0.1) is 23.7 Å². The quantitative estimate of drug-likeness (QED) is 0.0401. The Morgan fingerprint density at radius 1 is 0.660 bits per heavy atom. The van der Waals surface area contributed by atoms with E-state index in [-0.39, 0.29) is 95.7 Å². The molecule has 33 nitrogen and oxygen atoms in total. The topological polar surface area (TPSA) is 531 Å². The number of rotatable bonds is 31. The monoisotopic (exact) mass is 1420 g/mol. The maximum absolute atomic E-state index is 14.9. The van der Waals surface area contributed by atoms with Gasteiger partial charge < -0.3 is 90.9 Å². The molecule has 4 rings (SSSR count). The van der Waals surface area contributed by atoms with E-state index in [1.807, 2.05) is 27.7 Å². The van der Waals surface area contributed by atoms with Crippen LogP contribution < -0.4 is 75.7 Å². The van der Waals surface area contributed by atoms with Crippen LogP contribution in [0.5, 0.6) is 0 Å². The number of nitrogens with one attached hydrogen (secondary N) is 12. The predicted octanol–water partition coefficient (Wildman–Crippen LogP) is -1.68. The zero-order valence-electron chi connectivity index (χ0n) is 58.2. The number of carbonyl (C=O) groups is 14. The number of nitrogens with zero attached hydrogens (tertiary/aromatic N) is 2. The average molecular weight is 1420 g/mol. The Bertz CT molecular complexity index is 3160. The molecule has 15 atom stereocenters. The fourth-order valence-electron chi connectivity index (χ4n) is 10.9. The molecule has 0 aliphatic carbocycles. The second-order valence-electron chi connectivity index (χ2n) is 25.9. The number of aliphatic imine (C=N–C) groups is 1. The molecule has 554 valence electrons. The zero-order valence-corrected chi connectivity index (χ0v) is 59.0. The smallest absolute Gasteiger partial charge is 0.305 e. The van der Waals surface area contributed by atoms with Crippen molar-refractivity contribution in [3.05, 3.63) is 54.1 Å². The van der Waals surface area contributed by atoms with Crippen LogP contribution in [0.15, 0.2) is 47.8 Å². The fourth-order valence-corrected chi connectivity index (χ4v) is 12.0. The van der Waals surface area contributed by atoms with Gasteiger partial charge in [-0.2, -0.15) is 0 Å². The molecular weight excluding hydrogens is 1320 g/mol. The van der Waals surface area contributed by atoms with Gasteiger partial charge in [-0.25, -0.2) is 4.98 Å². The Kier molecular flexibility index (Phi) is 35.1. The molecule has 34 heteroatoms. The summed E-state index contributed by atoms with van der Waals surface area (Å²) in [4.78, 5) is 207. The van der Waals surface area contributed by atoms with Gasteiger partial charge in [-0.1, -0.05) is 117 Å². The predicted molar refractivity (Wildman–Crippen MR) is 369 cm³/mol. The number of carbonyl (C=O) groups excluding carboxylic acids is 12. The van der Waals surface area contributed by atoms with E-state index in [2.05, 4.69) is 73.4 Å². The number of thioether (sulfide) groups is 1. The van der Waals surface area contributed by atoms with Gasteiger partial charge in [0.15, 0.2) is 0 Å². The second-order valence-corrected chi connectivity index (χ2v) is 27.2. The first-order valence-electron chi connectivity index (χ1n) is 34.1. The van der Waals surface area contributed by atoms with E-state index < -0.39 is 192 Å². The highest BCUT2D eigenvalue weighted by Crippen LogP contribution is 2.27. The van der Waals surface area contributed by atoms with Crippen LogP contribution in [0.2, 0.25) is 0 Å². The number of amides is 12. The average Bonchev–Trinajstić information content (AvgIpc) is 1.28. The molecular formula is C66H103N17O16S. The third-order valence-electron chi connectivity index (χ3n) is 17.5. The normalized spacial score (nSPS) is 23.1. The van der Waals surface area contributed by atoms with Gasteiger partial charge in [0.25, 0.3) is 0 Å². The number of carboxylic acid groups (broad SMARTS) is 2. The lowest BCUT2D eigenvalue weighted by atomic mass is 9.96. The number of hydrogen-bond donors (Lipinski definition) is 17. The number of aromatic nitrogens is 2. The van der Waals surface area contributed by atoms with Crippen molar-refractivity contribution >= 4 is 99.6 Å². The van der Waals surface area contributed by atoms with Gasteiger partial charge in [0.05, 0.1) is 36.8 Å². The number of aliphatic carboxylic acids is 2. The van der Waals surface area contributed by atoms with Gasteiger partial charge in [0.2, 0.25) is 70.9 Å². The van der Waals surface area contributed by atoms with Crippen molar-refractivity contribution in [2.75, 3.05) is 19.6 Å². The third kappa shape index (κ3) is 27.6. The van der Waals surface area contributed by atoms with E-state index in [0.717, 1.165) is 6.42 Å². The van der Waals surface area contributed by atoms with E-state index in [0.29, 0.717) is 16.3 Å². The van der Waals surface area contributed by atoms with E-state index in [1.54, 1.807) is 58.0 Å². The summed E-state index contributed by atoms with van der Waals surface area (Å²) in [5.74, 6) is -15.6. The van der Waals surface area contributed by atoms with Gasteiger partial charge in [0, 0.05) is 37.7 Å². The molecule has 0 radical (unpaired) electrons. The first-order valence-corrected chi connectivity index (χ1v) is 35.0. The molecule has 20 N–H and O–H groups in total. The zero-order chi connectivity index (χ0) is 74.3. The molecule has 2 aliphatic heterocycles. The minimum absolute atomic E-state index is 0.00169. The summed E-state index contributed by atoms with van der Waals surface area (Å²) < 4.78 is 0. The van der Waals surface area contributed by atoms with Gasteiger partial charge in [-0.15, -0.1) is 0 Å². The summed E-state index contributed by atoms with van der Waals surface area (Å²) in [6.07, 6.45) is 0.386. The highest BCUT2D eigenvalue weighted by Gasteiger charge is 2.40. The third-order valence-corrected chi connectivity index (χ3v) is 18.8. The van der Waals surface area contributed by atoms with Crippen molar-refractivity contribution < 1.29 is 77.3 Å². The van der Waals surface area contributed by atoms with Gasteiger partial charge in [-0.05, 0) is 80.7 Å². The van der Waals surface area contributed by atoms with Crippen LogP contribution >= 0.6 is 11.8 Å². The van der Waals surface area contributed by atoms with Crippen molar-refractivity contribution in [1.82, 2.24) is 68.5 Å². The van der Waals surface area contributed by atoms with Crippen LogP contribution in [-0.2, 0) is 80.0 Å². The summed E-state index contributed by atoms with van der Waals surface area (Å²) in [6.45, 7) is 14.2. The number of nitrogens with two attached hydrogens (primary N) is 3. The van der Waals surface area contributed by atoms with Crippen molar-refractivity contribution in [2.24, 2.45) is 45.9 Å². The molecule has 0 saturated carbocycles. The summed E-state index contributed by atoms with van der Waals surface area (Å²) in [7, 11) is 0. The highest BCUT2D eigenvalue weighted by molar-refractivity contribution is 8.15. The number of carboxylic acids is 2. The van der Waals surface area contributed by atoms with E-state index in [9.17, 15) is 77.3 Å². The Labute approximate surface area is 586 Å². The summed E-state index contributed by atoms with van der Waals surface area (Å²) >= 11 is 1.20. The Morgan fingerprint density at radius 2 is 1.26 bits per heavy atom. The summed E-state index contributed by atoms with van der Waals surface area (Å²) in [5.41, 5.74) is 18.7. The lowest BCUT2D eigenvalue weighted by molar-refractivity contribution is -0.142. The largest absolute Gasteiger partial charge is 0.481 e. The number of primary amides is 1. The van der Waals surface area contributed by atoms with E-state index in [1.165, 1.54) is 24.3 Å².